The van der Waals surface area contributed by atoms with Gasteiger partial charge in [-0.25, -0.2) is 0 Å². The molecule has 23 heavy (non-hydrogen) atoms. The topological polar surface area (TPSA) is 75.4 Å². The van der Waals surface area contributed by atoms with Crippen molar-refractivity contribution >= 4 is 5.91 Å². The zero-order valence-corrected chi connectivity index (χ0v) is 13.5. The molecule has 1 saturated heterocycles. The second-order valence-corrected chi connectivity index (χ2v) is 5.95. The summed E-state index contributed by atoms with van der Waals surface area (Å²) in [5.74, 6) is 1.14. The van der Waals surface area contributed by atoms with Crippen molar-refractivity contribution in [2.24, 2.45) is 0 Å². The Labute approximate surface area is 135 Å². The van der Waals surface area contributed by atoms with Gasteiger partial charge in [-0.1, -0.05) is 5.16 Å². The maximum atomic E-state index is 12.4. The lowest BCUT2D eigenvalue weighted by Gasteiger charge is -2.38. The fourth-order valence-electron chi connectivity index (χ4n) is 2.84. The van der Waals surface area contributed by atoms with Gasteiger partial charge in [0.25, 0.3) is 0 Å². The first-order valence-corrected chi connectivity index (χ1v) is 7.84. The molecule has 0 unspecified atom stereocenters. The molecule has 0 N–H and O–H groups in total. The van der Waals surface area contributed by atoms with Crippen LogP contribution in [0.15, 0.2) is 29.0 Å². The Morgan fingerprint density at radius 2 is 2.30 bits per heavy atom. The number of amides is 1. The number of likely N-dealkylation sites (N-methyl/N-ethyl adjacent to an activating group) is 1. The summed E-state index contributed by atoms with van der Waals surface area (Å²) in [4.78, 5) is 24.9. The second kappa shape index (κ2) is 6.87. The van der Waals surface area contributed by atoms with Crippen molar-refractivity contribution < 1.29 is 9.32 Å². The molecule has 1 aliphatic rings. The Kier molecular flexibility index (Phi) is 4.66. The standard InChI is InChI=1S/C16H21N5O2/c1-12-11-20(2)8-9-21(12)15(22)6-5-14-18-16(19-23-14)13-4-3-7-17-10-13/h3-4,7,10,12H,5-6,8-9,11H2,1-2H3/t12-/m1/s1. The van der Waals surface area contributed by atoms with E-state index in [0.29, 0.717) is 24.6 Å². The summed E-state index contributed by atoms with van der Waals surface area (Å²) in [6, 6.07) is 3.94. The molecule has 3 rings (SSSR count). The average Bonchev–Trinajstić information content (AvgIpc) is 3.02. The number of aromatic nitrogens is 3. The quantitative estimate of drug-likeness (QED) is 0.844. The highest BCUT2D eigenvalue weighted by Gasteiger charge is 2.25. The Morgan fingerprint density at radius 1 is 1.43 bits per heavy atom. The van der Waals surface area contributed by atoms with Gasteiger partial charge in [-0.3, -0.25) is 9.78 Å². The Bertz CT molecular complexity index is 658. The zero-order chi connectivity index (χ0) is 16.2. The van der Waals surface area contributed by atoms with Gasteiger partial charge in [-0.05, 0) is 26.1 Å². The van der Waals surface area contributed by atoms with E-state index in [0.717, 1.165) is 25.2 Å². The van der Waals surface area contributed by atoms with Crippen molar-refractivity contribution in [1.82, 2.24) is 24.9 Å². The van der Waals surface area contributed by atoms with Crippen molar-refractivity contribution in [2.75, 3.05) is 26.7 Å². The molecule has 3 heterocycles. The summed E-state index contributed by atoms with van der Waals surface area (Å²) in [6.45, 7) is 4.70. The fourth-order valence-corrected chi connectivity index (χ4v) is 2.84. The van der Waals surface area contributed by atoms with E-state index in [1.807, 2.05) is 17.0 Å². The first kappa shape index (κ1) is 15.6. The number of carbonyl (C=O) groups excluding carboxylic acids is 1. The average molecular weight is 315 g/mol. The zero-order valence-electron chi connectivity index (χ0n) is 13.5. The fraction of sp³-hybridized carbons (Fsp3) is 0.500. The lowest BCUT2D eigenvalue weighted by molar-refractivity contribution is -0.135. The molecule has 1 atom stereocenters. The molecule has 2 aromatic rings. The molecule has 122 valence electrons. The molecule has 7 nitrogen and oxygen atoms in total. The summed E-state index contributed by atoms with van der Waals surface area (Å²) in [7, 11) is 2.08. The van der Waals surface area contributed by atoms with E-state index in [4.69, 9.17) is 4.52 Å². The van der Waals surface area contributed by atoms with Crippen LogP contribution in [0.5, 0.6) is 0 Å². The summed E-state index contributed by atoms with van der Waals surface area (Å²) < 4.78 is 5.23. The van der Waals surface area contributed by atoms with Crippen molar-refractivity contribution in [1.29, 1.82) is 0 Å². The molecular formula is C16H21N5O2. The third-order valence-electron chi connectivity index (χ3n) is 4.09. The number of rotatable bonds is 4. The SMILES string of the molecule is C[C@@H]1CN(C)CCN1C(=O)CCc1nc(-c2cccnc2)no1. The van der Waals surface area contributed by atoms with E-state index in [-0.39, 0.29) is 11.9 Å². The van der Waals surface area contributed by atoms with Crippen LogP contribution in [0.25, 0.3) is 11.4 Å². The summed E-state index contributed by atoms with van der Waals surface area (Å²) in [5.41, 5.74) is 0.807. The number of aryl methyl sites for hydroxylation is 1. The van der Waals surface area contributed by atoms with Crippen molar-refractivity contribution in [3.05, 3.63) is 30.4 Å². The molecule has 0 saturated carbocycles. The molecule has 0 aromatic carbocycles. The molecule has 7 heteroatoms. The van der Waals surface area contributed by atoms with Crippen molar-refractivity contribution in [3.63, 3.8) is 0 Å². The first-order valence-electron chi connectivity index (χ1n) is 7.84. The highest BCUT2D eigenvalue weighted by Crippen LogP contribution is 2.15. The van der Waals surface area contributed by atoms with Gasteiger partial charge in [0.2, 0.25) is 17.6 Å². The van der Waals surface area contributed by atoms with Crippen LogP contribution in [-0.2, 0) is 11.2 Å². The largest absolute Gasteiger partial charge is 0.339 e. The van der Waals surface area contributed by atoms with Crippen LogP contribution in [0.2, 0.25) is 0 Å². The van der Waals surface area contributed by atoms with Crippen molar-refractivity contribution in [3.8, 4) is 11.4 Å². The number of piperazine rings is 1. The van der Waals surface area contributed by atoms with Crippen LogP contribution >= 0.6 is 0 Å². The normalized spacial score (nSPS) is 19.0. The first-order chi connectivity index (χ1) is 11.1. The van der Waals surface area contributed by atoms with E-state index in [2.05, 4.69) is 34.0 Å². The molecule has 0 radical (unpaired) electrons. The third-order valence-corrected chi connectivity index (χ3v) is 4.09. The maximum Gasteiger partial charge on any atom is 0.227 e. The second-order valence-electron chi connectivity index (χ2n) is 5.95. The van der Waals surface area contributed by atoms with Gasteiger partial charge < -0.3 is 14.3 Å². The van der Waals surface area contributed by atoms with Crippen LogP contribution in [0.4, 0.5) is 0 Å². The van der Waals surface area contributed by atoms with Gasteiger partial charge in [-0.15, -0.1) is 0 Å². The van der Waals surface area contributed by atoms with E-state index in [9.17, 15) is 4.79 Å². The molecule has 0 bridgehead atoms. The van der Waals surface area contributed by atoms with E-state index >= 15 is 0 Å². The number of carbonyl (C=O) groups is 1. The summed E-state index contributed by atoms with van der Waals surface area (Å²) >= 11 is 0. The van der Waals surface area contributed by atoms with Gasteiger partial charge in [0.1, 0.15) is 0 Å². The van der Waals surface area contributed by atoms with E-state index in [1.165, 1.54) is 0 Å². The number of hydrogen-bond acceptors (Lipinski definition) is 6. The Hall–Kier alpha value is -2.28. The lowest BCUT2D eigenvalue weighted by Crippen LogP contribution is -2.52. The maximum absolute atomic E-state index is 12.4. The van der Waals surface area contributed by atoms with Gasteiger partial charge in [0.15, 0.2) is 0 Å². The minimum absolute atomic E-state index is 0.145. The molecule has 0 spiro atoms. The van der Waals surface area contributed by atoms with Gasteiger partial charge in [0.05, 0.1) is 0 Å². The number of hydrogen-bond donors (Lipinski definition) is 0. The van der Waals surface area contributed by atoms with Crippen LogP contribution in [0.3, 0.4) is 0 Å². The number of pyridine rings is 1. The third kappa shape index (κ3) is 3.73. The van der Waals surface area contributed by atoms with Crippen LogP contribution in [0, 0.1) is 0 Å². The monoisotopic (exact) mass is 315 g/mol. The lowest BCUT2D eigenvalue weighted by atomic mass is 10.1. The van der Waals surface area contributed by atoms with Crippen molar-refractivity contribution in [2.45, 2.75) is 25.8 Å². The molecule has 0 aliphatic carbocycles. The van der Waals surface area contributed by atoms with Gasteiger partial charge >= 0.3 is 0 Å². The summed E-state index contributed by atoms with van der Waals surface area (Å²) in [5, 5.41) is 3.94. The number of nitrogens with zero attached hydrogens (tertiary/aromatic N) is 5. The van der Waals surface area contributed by atoms with Crippen LogP contribution in [0.1, 0.15) is 19.2 Å². The van der Waals surface area contributed by atoms with Gasteiger partial charge in [-0.2, -0.15) is 4.98 Å². The van der Waals surface area contributed by atoms with E-state index < -0.39 is 0 Å². The predicted octanol–water partition coefficient (Wildman–Crippen LogP) is 1.23. The minimum Gasteiger partial charge on any atom is -0.339 e. The molecule has 1 fully saturated rings. The smallest absolute Gasteiger partial charge is 0.227 e. The van der Waals surface area contributed by atoms with Crippen LogP contribution < -0.4 is 0 Å². The van der Waals surface area contributed by atoms with Crippen LogP contribution in [-0.4, -0.2) is 63.6 Å². The molecular weight excluding hydrogens is 294 g/mol. The minimum atomic E-state index is 0.145. The highest BCUT2D eigenvalue weighted by molar-refractivity contribution is 5.76. The highest BCUT2D eigenvalue weighted by atomic mass is 16.5. The van der Waals surface area contributed by atoms with E-state index in [1.54, 1.807) is 12.4 Å². The summed E-state index contributed by atoms with van der Waals surface area (Å²) in [6.07, 6.45) is 4.24. The molecule has 1 aliphatic heterocycles. The Balaban J connectivity index is 1.56. The molecule has 1 amide bonds. The predicted molar refractivity (Wildman–Crippen MR) is 84.5 cm³/mol. The van der Waals surface area contributed by atoms with Gasteiger partial charge in [0, 0.05) is 56.5 Å². The Morgan fingerprint density at radius 3 is 3.04 bits per heavy atom. The molecule has 2 aromatic heterocycles.